The van der Waals surface area contributed by atoms with Crippen LogP contribution >= 0.6 is 0 Å². The molecule has 0 saturated carbocycles. The molecule has 0 radical (unpaired) electrons. The zero-order valence-corrected chi connectivity index (χ0v) is 15.7. The predicted octanol–water partition coefficient (Wildman–Crippen LogP) is 4.58. The number of benzene rings is 2. The molecule has 0 spiro atoms. The van der Waals surface area contributed by atoms with Gasteiger partial charge in [0.1, 0.15) is 0 Å². The van der Waals surface area contributed by atoms with Crippen molar-refractivity contribution in [1.82, 2.24) is 0 Å². The molecule has 0 aliphatic heterocycles. The molecule has 0 aliphatic rings. The largest absolute Gasteiger partial charge is 0.358 e. The molecular formula is C18H20HfN-3. The fourth-order valence-electron chi connectivity index (χ4n) is 2.23. The van der Waals surface area contributed by atoms with Crippen molar-refractivity contribution < 1.29 is 25.8 Å². The summed E-state index contributed by atoms with van der Waals surface area (Å²) in [6, 6.07) is 21.3. The van der Waals surface area contributed by atoms with Crippen LogP contribution in [-0.4, -0.2) is 0 Å². The van der Waals surface area contributed by atoms with E-state index in [9.17, 15) is 0 Å². The molecule has 0 saturated heterocycles. The molecule has 0 bridgehead atoms. The molecule has 0 aliphatic carbocycles. The van der Waals surface area contributed by atoms with E-state index in [1.807, 2.05) is 0 Å². The molecule has 2 N–H and O–H groups in total. The van der Waals surface area contributed by atoms with Crippen LogP contribution in [0.5, 0.6) is 0 Å². The third kappa shape index (κ3) is 3.50. The minimum atomic E-state index is 0. The standard InChI is InChI=1S/C16H14N.2CH3.Hf/c17-11-12-7-9-14(10-8-12)16-6-2-4-13-3-1-5-15(13)16;;;/h1-10H,11,17H2;2*1H3;/q3*-1;. The summed E-state index contributed by atoms with van der Waals surface area (Å²) in [6.07, 6.45) is 0. The van der Waals surface area contributed by atoms with Crippen molar-refractivity contribution in [3.05, 3.63) is 81.1 Å². The van der Waals surface area contributed by atoms with Gasteiger partial charge in [0.2, 0.25) is 0 Å². The second-order valence-electron chi connectivity index (χ2n) is 4.24. The van der Waals surface area contributed by atoms with E-state index in [4.69, 9.17) is 5.73 Å². The third-order valence-corrected chi connectivity index (χ3v) is 3.18. The average molecular weight is 429 g/mol. The Hall–Kier alpha value is -1.12. The van der Waals surface area contributed by atoms with E-state index in [0.717, 1.165) is 0 Å². The zero-order valence-electron chi connectivity index (χ0n) is 12.1. The van der Waals surface area contributed by atoms with Crippen LogP contribution in [0.4, 0.5) is 0 Å². The van der Waals surface area contributed by atoms with Gasteiger partial charge in [-0.25, -0.2) is 0 Å². The monoisotopic (exact) mass is 430 g/mol. The van der Waals surface area contributed by atoms with Crippen LogP contribution in [0.1, 0.15) is 5.56 Å². The van der Waals surface area contributed by atoms with Gasteiger partial charge < -0.3 is 20.6 Å². The molecule has 0 unspecified atom stereocenters. The second kappa shape index (κ2) is 8.23. The summed E-state index contributed by atoms with van der Waals surface area (Å²) < 4.78 is 0. The topological polar surface area (TPSA) is 26.0 Å². The molecule has 0 atom stereocenters. The van der Waals surface area contributed by atoms with Crippen LogP contribution in [0.25, 0.3) is 21.9 Å². The van der Waals surface area contributed by atoms with Crippen molar-refractivity contribution in [2.45, 2.75) is 6.54 Å². The van der Waals surface area contributed by atoms with Crippen LogP contribution < -0.4 is 5.73 Å². The van der Waals surface area contributed by atoms with Gasteiger partial charge >= 0.3 is 0 Å². The summed E-state index contributed by atoms with van der Waals surface area (Å²) in [5, 5.41) is 2.61. The first-order valence-corrected chi connectivity index (χ1v) is 5.82. The fourth-order valence-corrected chi connectivity index (χ4v) is 2.23. The van der Waals surface area contributed by atoms with Crippen molar-refractivity contribution in [3.8, 4) is 11.1 Å². The van der Waals surface area contributed by atoms with E-state index in [1.165, 1.54) is 27.5 Å². The Balaban J connectivity index is 0.00000120. The fraction of sp³-hybridized carbons (Fsp3) is 0.0556. The van der Waals surface area contributed by atoms with Gasteiger partial charge in [-0.1, -0.05) is 35.9 Å². The Bertz CT molecular complexity index is 638. The number of hydrogen-bond acceptors (Lipinski definition) is 1. The molecule has 3 aromatic carbocycles. The maximum Gasteiger partial charge on any atom is 0.0178 e. The molecule has 0 fully saturated rings. The molecule has 0 amide bonds. The molecular weight excluding hydrogens is 409 g/mol. The molecule has 1 nitrogen and oxygen atoms in total. The Morgan fingerprint density at radius 1 is 0.900 bits per heavy atom. The van der Waals surface area contributed by atoms with Gasteiger partial charge in [0.15, 0.2) is 0 Å². The summed E-state index contributed by atoms with van der Waals surface area (Å²) in [4.78, 5) is 0. The SMILES string of the molecule is NCc1ccc(-c2cccc3[cH-]ccc23)cc1.[CH3-].[CH3-].[Hf]. The first-order chi connectivity index (χ1) is 8.38. The van der Waals surface area contributed by atoms with Crippen molar-refractivity contribution >= 4 is 10.8 Å². The number of hydrogen-bond donors (Lipinski definition) is 1. The van der Waals surface area contributed by atoms with Crippen LogP contribution in [0, 0.1) is 14.9 Å². The normalized spacial score (nSPS) is 9.25. The molecule has 3 rings (SSSR count). The van der Waals surface area contributed by atoms with Crippen LogP contribution in [0.15, 0.2) is 60.7 Å². The number of nitrogens with two attached hydrogens (primary N) is 1. The van der Waals surface area contributed by atoms with Crippen molar-refractivity contribution in [2.24, 2.45) is 5.73 Å². The van der Waals surface area contributed by atoms with Gasteiger partial charge in [-0.05, 0) is 11.1 Å². The summed E-state index contributed by atoms with van der Waals surface area (Å²) in [7, 11) is 0. The first-order valence-electron chi connectivity index (χ1n) is 5.82. The Kier molecular flexibility index (Phi) is 7.77. The van der Waals surface area contributed by atoms with Gasteiger partial charge in [-0.15, -0.1) is 29.0 Å². The van der Waals surface area contributed by atoms with Crippen LogP contribution in [-0.2, 0) is 32.4 Å². The van der Waals surface area contributed by atoms with Gasteiger partial charge in [0.25, 0.3) is 0 Å². The molecule has 2 heteroatoms. The molecule has 104 valence electrons. The van der Waals surface area contributed by atoms with Gasteiger partial charge in [0.05, 0.1) is 0 Å². The van der Waals surface area contributed by atoms with E-state index < -0.39 is 0 Å². The summed E-state index contributed by atoms with van der Waals surface area (Å²) in [5.74, 6) is 0. The van der Waals surface area contributed by atoms with Crippen molar-refractivity contribution in [1.29, 1.82) is 0 Å². The maximum absolute atomic E-state index is 5.61. The minimum Gasteiger partial charge on any atom is -0.358 e. The molecule has 0 heterocycles. The zero-order chi connectivity index (χ0) is 11.7. The van der Waals surface area contributed by atoms with Gasteiger partial charge in [0, 0.05) is 32.4 Å². The summed E-state index contributed by atoms with van der Waals surface area (Å²) in [5.41, 5.74) is 9.32. The van der Waals surface area contributed by atoms with Crippen LogP contribution in [0.3, 0.4) is 0 Å². The van der Waals surface area contributed by atoms with Crippen molar-refractivity contribution in [3.63, 3.8) is 0 Å². The average Bonchev–Trinajstić information content (AvgIpc) is 2.87. The first kappa shape index (κ1) is 18.9. The van der Waals surface area contributed by atoms with E-state index in [2.05, 4.69) is 60.7 Å². The van der Waals surface area contributed by atoms with E-state index in [0.29, 0.717) is 6.54 Å². The smallest absolute Gasteiger partial charge is 0.0178 e. The second-order valence-corrected chi connectivity index (χ2v) is 4.24. The predicted molar refractivity (Wildman–Crippen MR) is 85.7 cm³/mol. The summed E-state index contributed by atoms with van der Waals surface area (Å²) in [6.45, 7) is 0.598. The summed E-state index contributed by atoms with van der Waals surface area (Å²) >= 11 is 0. The van der Waals surface area contributed by atoms with E-state index in [1.54, 1.807) is 0 Å². The number of fused-ring (bicyclic) bond motifs is 1. The molecule has 0 aromatic heterocycles. The molecule has 20 heavy (non-hydrogen) atoms. The maximum atomic E-state index is 5.61. The number of rotatable bonds is 2. The van der Waals surface area contributed by atoms with Gasteiger partial charge in [-0.2, -0.15) is 12.1 Å². The minimum absolute atomic E-state index is 0. The third-order valence-electron chi connectivity index (χ3n) is 3.18. The van der Waals surface area contributed by atoms with Gasteiger partial charge in [-0.3, -0.25) is 0 Å². The Labute approximate surface area is 141 Å². The van der Waals surface area contributed by atoms with E-state index in [-0.39, 0.29) is 40.7 Å². The van der Waals surface area contributed by atoms with Crippen LogP contribution in [0.2, 0.25) is 0 Å². The van der Waals surface area contributed by atoms with Crippen molar-refractivity contribution in [2.75, 3.05) is 0 Å². The Morgan fingerprint density at radius 3 is 2.25 bits per heavy atom. The quantitative estimate of drug-likeness (QED) is 0.469. The Morgan fingerprint density at radius 2 is 1.60 bits per heavy atom. The van der Waals surface area contributed by atoms with E-state index >= 15 is 0 Å². The molecule has 3 aromatic rings.